The van der Waals surface area contributed by atoms with Gasteiger partial charge in [0.1, 0.15) is 60.4 Å². The quantitative estimate of drug-likeness (QED) is 0.0340. The number of hydrogen-bond donors (Lipinski definition) is 19. The van der Waals surface area contributed by atoms with Crippen molar-refractivity contribution in [1.29, 1.82) is 0 Å². The van der Waals surface area contributed by atoms with Crippen LogP contribution in [-0.2, 0) is 52.7 Å². The largest absolute Gasteiger partial charge is 0.394 e. The lowest BCUT2D eigenvalue weighted by molar-refractivity contribution is -0.137. The predicted octanol–water partition coefficient (Wildman–Crippen LogP) is -7.46. The topological polar surface area (TPSA) is 505 Å². The summed E-state index contributed by atoms with van der Waals surface area (Å²) < 4.78 is 0. The molecular weight excluding hydrogens is 1050 g/mol. The number of amides is 11. The van der Waals surface area contributed by atoms with Gasteiger partial charge in [0.2, 0.25) is 65.0 Å². The smallest absolute Gasteiger partial charge is 0.245 e. The van der Waals surface area contributed by atoms with Gasteiger partial charge in [0.15, 0.2) is 0 Å². The van der Waals surface area contributed by atoms with Gasteiger partial charge in [-0.25, -0.2) is 0 Å². The Morgan fingerprint density at radius 2 is 1.05 bits per heavy atom. The van der Waals surface area contributed by atoms with E-state index in [1.807, 2.05) is 0 Å². The third kappa shape index (κ3) is 25.5. The Kier molecular flexibility index (Phi) is 33.9. The van der Waals surface area contributed by atoms with Gasteiger partial charge in [-0.15, -0.1) is 0 Å². The summed E-state index contributed by atoms with van der Waals surface area (Å²) in [5.41, 5.74) is 23.1. The Hall–Kier alpha value is -6.15. The van der Waals surface area contributed by atoms with Crippen LogP contribution in [0.5, 0.6) is 0 Å². The fourth-order valence-corrected chi connectivity index (χ4v) is 8.20. The summed E-state index contributed by atoms with van der Waals surface area (Å²) in [5.74, 6) is -10.7. The Morgan fingerprint density at radius 3 is 1.52 bits per heavy atom. The third-order valence-corrected chi connectivity index (χ3v) is 13.1. The first-order chi connectivity index (χ1) is 37.7. The van der Waals surface area contributed by atoms with Crippen molar-refractivity contribution in [3.05, 3.63) is 0 Å². The van der Waals surface area contributed by atoms with Crippen LogP contribution in [0.15, 0.2) is 0 Å². The van der Waals surface area contributed by atoms with E-state index in [9.17, 15) is 73.2 Å². The summed E-state index contributed by atoms with van der Waals surface area (Å²) in [7, 11) is 0. The zero-order valence-electron chi connectivity index (χ0n) is 47.3. The highest BCUT2D eigenvalue weighted by molar-refractivity contribution is 5.99. The molecule has 1 saturated heterocycles. The van der Waals surface area contributed by atoms with E-state index < -0.39 is 163 Å². The molecule has 458 valence electrons. The Labute approximate surface area is 467 Å². The van der Waals surface area contributed by atoms with Crippen molar-refractivity contribution in [3.63, 3.8) is 0 Å². The predicted molar refractivity (Wildman–Crippen MR) is 291 cm³/mol. The van der Waals surface area contributed by atoms with E-state index in [4.69, 9.17) is 22.9 Å². The van der Waals surface area contributed by atoms with Gasteiger partial charge in [-0.2, -0.15) is 0 Å². The van der Waals surface area contributed by atoms with Gasteiger partial charge < -0.3 is 102 Å². The van der Waals surface area contributed by atoms with Crippen LogP contribution in [-0.4, -0.2) is 203 Å². The molecule has 23 N–H and O–H groups in total. The number of carbonyl (C=O) groups excluding carboxylic acids is 11. The molecule has 80 heavy (non-hydrogen) atoms. The Balaban J connectivity index is 3.75. The molecule has 11 amide bonds. The second-order valence-electron chi connectivity index (χ2n) is 20.6. The summed E-state index contributed by atoms with van der Waals surface area (Å²) in [5, 5.41) is 69.0. The number of aliphatic hydroxyl groups is 4. The van der Waals surface area contributed by atoms with Crippen LogP contribution in [0, 0.1) is 11.8 Å². The van der Waals surface area contributed by atoms with Crippen LogP contribution in [0.25, 0.3) is 0 Å². The molecule has 1 aliphatic rings. The number of nitrogens with two attached hydrogens (primary N) is 4. The lowest BCUT2D eigenvalue weighted by Crippen LogP contribution is -2.62. The molecule has 1 aliphatic heterocycles. The van der Waals surface area contributed by atoms with E-state index in [1.54, 1.807) is 13.8 Å². The van der Waals surface area contributed by atoms with Crippen LogP contribution in [0.4, 0.5) is 0 Å². The normalized spacial score (nSPS) is 24.1. The van der Waals surface area contributed by atoms with E-state index >= 15 is 0 Å². The van der Waals surface area contributed by atoms with Crippen LogP contribution in [0.1, 0.15) is 119 Å². The molecular formula is C50H93N15O15. The lowest BCUT2D eigenvalue weighted by atomic mass is 10.0. The number of hydrogen-bond acceptors (Lipinski definition) is 19. The second-order valence-corrected chi connectivity index (χ2v) is 20.6. The lowest BCUT2D eigenvalue weighted by Gasteiger charge is -2.29. The first-order valence-corrected chi connectivity index (χ1v) is 27.5. The van der Waals surface area contributed by atoms with Gasteiger partial charge >= 0.3 is 0 Å². The van der Waals surface area contributed by atoms with Crippen molar-refractivity contribution in [2.75, 3.05) is 39.3 Å². The molecule has 0 bridgehead atoms. The highest BCUT2D eigenvalue weighted by Crippen LogP contribution is 2.13. The molecule has 0 aromatic rings. The highest BCUT2D eigenvalue weighted by Gasteiger charge is 2.38. The van der Waals surface area contributed by atoms with Crippen LogP contribution >= 0.6 is 0 Å². The zero-order chi connectivity index (χ0) is 60.8. The molecule has 1 rings (SSSR count). The SMILES string of the molecule is CCC(C)CCCCC(=O)N[C@@H](CCN)C(=O)N[C@H](C(=O)N[C@H](CO)C(=O)NC1CCNC(=O)C([C@@H](C)O)NC(=O)[C@H](CCN)NC(=O)[C@H](CCN)NC(=O)[C@H]([C@@H](C)O)NC(=O)[C@@H](CC(C)C)NC(=O)C(CCN)NC1=O)[C@@H](C)O. The van der Waals surface area contributed by atoms with Gasteiger partial charge in [-0.1, -0.05) is 47.0 Å². The van der Waals surface area contributed by atoms with Crippen molar-refractivity contribution < 1.29 is 73.2 Å². The van der Waals surface area contributed by atoms with E-state index in [0.717, 1.165) is 33.1 Å². The summed E-state index contributed by atoms with van der Waals surface area (Å²) in [6.45, 7) is 8.81. The Morgan fingerprint density at radius 1 is 0.562 bits per heavy atom. The third-order valence-electron chi connectivity index (χ3n) is 13.1. The minimum atomic E-state index is -1.90. The average Bonchev–Trinajstić information content (AvgIpc) is 3.38. The molecule has 0 aliphatic carbocycles. The van der Waals surface area contributed by atoms with Gasteiger partial charge in [0.05, 0.1) is 24.9 Å². The maximum atomic E-state index is 14.3. The highest BCUT2D eigenvalue weighted by atomic mass is 16.3. The number of unbranched alkanes of at least 4 members (excludes halogenated alkanes) is 1. The maximum Gasteiger partial charge on any atom is 0.245 e. The van der Waals surface area contributed by atoms with Gasteiger partial charge in [0, 0.05) is 13.0 Å². The van der Waals surface area contributed by atoms with Crippen LogP contribution in [0.3, 0.4) is 0 Å². The van der Waals surface area contributed by atoms with E-state index in [1.165, 1.54) is 6.92 Å². The van der Waals surface area contributed by atoms with Gasteiger partial charge in [-0.05, 0) is 104 Å². The average molecular weight is 1140 g/mol. The summed E-state index contributed by atoms with van der Waals surface area (Å²) in [6, 6.07) is -16.0. The molecule has 1 heterocycles. The summed E-state index contributed by atoms with van der Waals surface area (Å²) in [6.07, 6.45) is -2.77. The van der Waals surface area contributed by atoms with E-state index in [-0.39, 0.29) is 70.6 Å². The molecule has 0 radical (unpaired) electrons. The van der Waals surface area contributed by atoms with Gasteiger partial charge in [-0.3, -0.25) is 52.7 Å². The van der Waals surface area contributed by atoms with E-state index in [0.29, 0.717) is 12.3 Å². The van der Waals surface area contributed by atoms with Crippen LogP contribution in [0.2, 0.25) is 0 Å². The zero-order valence-corrected chi connectivity index (χ0v) is 47.3. The van der Waals surface area contributed by atoms with Crippen molar-refractivity contribution in [2.45, 2.75) is 198 Å². The molecule has 0 spiro atoms. The first-order valence-electron chi connectivity index (χ1n) is 27.5. The number of aliphatic hydroxyl groups excluding tert-OH is 4. The number of rotatable bonds is 27. The summed E-state index contributed by atoms with van der Waals surface area (Å²) >= 11 is 0. The van der Waals surface area contributed by atoms with Crippen molar-refractivity contribution in [1.82, 2.24) is 58.5 Å². The minimum Gasteiger partial charge on any atom is -0.394 e. The summed E-state index contributed by atoms with van der Waals surface area (Å²) in [4.78, 5) is 151. The number of nitrogens with one attached hydrogen (secondary N) is 11. The standard InChI is InChI=1S/C50H93N15O15/c1-8-26(4)11-9-10-12-37(70)56-30(13-18-51)44(74)64-40(29(7)69)50(80)62-36(24-66)47(77)59-34-17-22-55-48(78)38(27(5)67)63-45(75)33(16-21-54)58-41(71)32(15-20-53)60-49(79)39(28(6)68)65-46(76)35(23-25(2)3)61-42(72)31(14-19-52)57-43(34)73/h25-36,38-40,66-69H,8-24,51-54H2,1-7H3,(H,55,78)(H,56,70)(H,57,73)(H,58,71)(H,59,77)(H,60,79)(H,61,72)(H,62,80)(H,63,75)(H,64,74)(H,65,76)/t26?,27-,28-,29-,30+,31?,32+,33+,34?,35-,36-,38?,39+,40+/m1/s1. The molecule has 0 saturated carbocycles. The molecule has 30 nitrogen and oxygen atoms in total. The molecule has 4 unspecified atom stereocenters. The second kappa shape index (κ2) is 37.7. The van der Waals surface area contributed by atoms with Crippen molar-refractivity contribution in [3.8, 4) is 0 Å². The van der Waals surface area contributed by atoms with E-state index in [2.05, 4.69) is 72.3 Å². The molecule has 0 aromatic heterocycles. The number of carbonyl (C=O) groups is 11. The van der Waals surface area contributed by atoms with Crippen LogP contribution < -0.4 is 81.4 Å². The van der Waals surface area contributed by atoms with Crippen molar-refractivity contribution in [2.24, 2.45) is 34.8 Å². The molecule has 30 heteroatoms. The molecule has 1 fully saturated rings. The first kappa shape index (κ1) is 71.9. The van der Waals surface area contributed by atoms with Gasteiger partial charge in [0.25, 0.3) is 0 Å². The fraction of sp³-hybridized carbons (Fsp3) is 0.780. The molecule has 14 atom stereocenters. The van der Waals surface area contributed by atoms with Crippen molar-refractivity contribution >= 4 is 65.0 Å². The fourth-order valence-electron chi connectivity index (χ4n) is 8.20. The monoisotopic (exact) mass is 1140 g/mol. The minimum absolute atomic E-state index is 0.0458. The Bertz CT molecular complexity index is 2030. The maximum absolute atomic E-state index is 14.3. The molecule has 0 aromatic carbocycles.